The van der Waals surface area contributed by atoms with Crippen LogP contribution in [-0.4, -0.2) is 35.7 Å². The lowest BCUT2D eigenvalue weighted by atomic mass is 10.2. The molecule has 110 valence electrons. The molecule has 0 radical (unpaired) electrons. The number of hydrogen-bond donors (Lipinski definition) is 1. The normalized spacial score (nSPS) is 22.6. The van der Waals surface area contributed by atoms with E-state index >= 15 is 0 Å². The summed E-state index contributed by atoms with van der Waals surface area (Å²) in [6, 6.07) is 6.47. The molecule has 3 nitrogen and oxygen atoms in total. The Morgan fingerprint density at radius 1 is 1.30 bits per heavy atom. The molecular weight excluding hydrogens is 275 g/mol. The molecule has 0 aliphatic carbocycles. The van der Waals surface area contributed by atoms with E-state index in [2.05, 4.69) is 5.32 Å². The van der Waals surface area contributed by atoms with Gasteiger partial charge in [0.05, 0.1) is 5.25 Å². The third kappa shape index (κ3) is 3.33. The number of thioether (sulfide) groups is 1. The van der Waals surface area contributed by atoms with Crippen molar-refractivity contribution in [3.05, 3.63) is 35.6 Å². The van der Waals surface area contributed by atoms with E-state index in [9.17, 15) is 9.18 Å². The van der Waals surface area contributed by atoms with Crippen molar-refractivity contribution in [2.24, 2.45) is 0 Å². The number of carbonyl (C=O) groups excluding carboxylic acids is 1. The minimum atomic E-state index is -0.241. The molecule has 0 bridgehead atoms. The van der Waals surface area contributed by atoms with E-state index in [1.54, 1.807) is 23.9 Å². The van der Waals surface area contributed by atoms with E-state index in [-0.39, 0.29) is 22.3 Å². The van der Waals surface area contributed by atoms with E-state index in [0.717, 1.165) is 25.1 Å². The van der Waals surface area contributed by atoms with Crippen LogP contribution in [-0.2, 0) is 4.79 Å². The van der Waals surface area contributed by atoms with Crippen LogP contribution in [0.1, 0.15) is 31.2 Å². The maximum atomic E-state index is 13.0. The molecule has 2 rings (SSSR count). The summed E-state index contributed by atoms with van der Waals surface area (Å²) in [5, 5.41) is 3.27. The Hall–Kier alpha value is -1.07. The molecule has 0 aromatic heterocycles. The Balaban J connectivity index is 2.15. The summed E-state index contributed by atoms with van der Waals surface area (Å²) >= 11 is 1.67. The van der Waals surface area contributed by atoms with Crippen LogP contribution in [0, 0.1) is 5.82 Å². The van der Waals surface area contributed by atoms with Crippen LogP contribution in [0.5, 0.6) is 0 Å². The van der Waals surface area contributed by atoms with Crippen LogP contribution in [0.15, 0.2) is 24.3 Å². The van der Waals surface area contributed by atoms with Crippen molar-refractivity contribution in [3.63, 3.8) is 0 Å². The lowest BCUT2D eigenvalue weighted by molar-refractivity contribution is -0.130. The number of carbonyl (C=O) groups is 1. The molecule has 2 atom stereocenters. The highest BCUT2D eigenvalue weighted by molar-refractivity contribution is 8.01. The van der Waals surface area contributed by atoms with Crippen LogP contribution >= 0.6 is 11.8 Å². The van der Waals surface area contributed by atoms with Crippen molar-refractivity contribution < 1.29 is 9.18 Å². The fraction of sp³-hybridized carbons (Fsp3) is 0.533. The highest BCUT2D eigenvalue weighted by Gasteiger charge is 2.39. The fourth-order valence-corrected chi connectivity index (χ4v) is 3.77. The van der Waals surface area contributed by atoms with Gasteiger partial charge in [0.25, 0.3) is 0 Å². The first kappa shape index (κ1) is 15.3. The minimum Gasteiger partial charge on any atom is -0.324 e. The number of likely N-dealkylation sites (N-methyl/N-ethyl adjacent to an activating group) is 1. The van der Waals surface area contributed by atoms with Gasteiger partial charge in [0.2, 0.25) is 5.91 Å². The van der Waals surface area contributed by atoms with Gasteiger partial charge in [0, 0.05) is 13.1 Å². The third-order valence-corrected chi connectivity index (χ3v) is 5.09. The first-order valence-corrected chi connectivity index (χ1v) is 8.03. The smallest absolute Gasteiger partial charge is 0.236 e. The van der Waals surface area contributed by atoms with Crippen LogP contribution in [0.3, 0.4) is 0 Å². The summed E-state index contributed by atoms with van der Waals surface area (Å²) in [5.41, 5.74) is 0.997. The van der Waals surface area contributed by atoms with Crippen molar-refractivity contribution >= 4 is 17.7 Å². The molecule has 1 fully saturated rings. The molecule has 20 heavy (non-hydrogen) atoms. The van der Waals surface area contributed by atoms with E-state index in [0.29, 0.717) is 6.54 Å². The van der Waals surface area contributed by atoms with E-state index < -0.39 is 0 Å². The van der Waals surface area contributed by atoms with E-state index in [1.165, 1.54) is 12.1 Å². The van der Waals surface area contributed by atoms with Crippen molar-refractivity contribution in [1.29, 1.82) is 0 Å². The molecular formula is C15H21FN2OS. The molecule has 0 spiro atoms. The van der Waals surface area contributed by atoms with Crippen molar-refractivity contribution in [1.82, 2.24) is 10.2 Å². The Kier molecular flexibility index (Phi) is 5.43. The number of halogens is 1. The zero-order chi connectivity index (χ0) is 14.5. The van der Waals surface area contributed by atoms with Crippen molar-refractivity contribution in [2.75, 3.05) is 19.6 Å². The van der Waals surface area contributed by atoms with Gasteiger partial charge in [-0.05, 0) is 30.7 Å². The van der Waals surface area contributed by atoms with Gasteiger partial charge in [-0.3, -0.25) is 4.79 Å². The van der Waals surface area contributed by atoms with Gasteiger partial charge in [0.15, 0.2) is 0 Å². The molecule has 5 heteroatoms. The molecule has 2 unspecified atom stereocenters. The highest BCUT2D eigenvalue weighted by atomic mass is 32.2. The maximum absolute atomic E-state index is 13.0. The number of rotatable bonds is 6. The van der Waals surface area contributed by atoms with Gasteiger partial charge in [-0.2, -0.15) is 0 Å². The van der Waals surface area contributed by atoms with Gasteiger partial charge < -0.3 is 10.2 Å². The Labute approximate surface area is 123 Å². The summed E-state index contributed by atoms with van der Waals surface area (Å²) in [6.45, 7) is 6.46. The van der Waals surface area contributed by atoms with Gasteiger partial charge in [-0.25, -0.2) is 4.39 Å². The maximum Gasteiger partial charge on any atom is 0.236 e. The Morgan fingerprint density at radius 3 is 2.60 bits per heavy atom. The number of nitrogens with zero attached hydrogens (tertiary/aromatic N) is 1. The van der Waals surface area contributed by atoms with Crippen LogP contribution < -0.4 is 5.32 Å². The van der Waals surface area contributed by atoms with Gasteiger partial charge >= 0.3 is 0 Å². The fourth-order valence-electron chi connectivity index (χ4n) is 2.35. The van der Waals surface area contributed by atoms with Crippen LogP contribution in [0.25, 0.3) is 0 Å². The predicted molar refractivity (Wildman–Crippen MR) is 81.1 cm³/mol. The van der Waals surface area contributed by atoms with Crippen molar-refractivity contribution in [2.45, 2.75) is 30.9 Å². The molecule has 0 saturated carbocycles. The molecule has 1 N–H and O–H groups in total. The lowest BCUT2D eigenvalue weighted by Crippen LogP contribution is -2.36. The minimum absolute atomic E-state index is 0.00621. The Bertz CT molecular complexity index is 452. The van der Waals surface area contributed by atoms with Gasteiger partial charge in [-0.15, -0.1) is 11.8 Å². The summed E-state index contributed by atoms with van der Waals surface area (Å²) in [6.07, 6.45) is 0.832. The summed E-state index contributed by atoms with van der Waals surface area (Å²) in [7, 11) is 0. The summed E-state index contributed by atoms with van der Waals surface area (Å²) in [4.78, 5) is 14.3. The number of nitrogens with one attached hydrogen (secondary N) is 1. The molecule has 1 aliphatic heterocycles. The molecule has 1 aliphatic rings. The number of amides is 1. The topological polar surface area (TPSA) is 32.3 Å². The molecule has 1 heterocycles. The average molecular weight is 296 g/mol. The zero-order valence-electron chi connectivity index (χ0n) is 11.9. The SMILES string of the molecule is CCNCCN1C(=O)C(CC)SC1c1ccc(F)cc1. The zero-order valence-corrected chi connectivity index (χ0v) is 12.8. The molecule has 1 amide bonds. The quantitative estimate of drug-likeness (QED) is 0.819. The van der Waals surface area contributed by atoms with Crippen molar-refractivity contribution in [3.8, 4) is 0 Å². The lowest BCUT2D eigenvalue weighted by Gasteiger charge is -2.24. The van der Waals surface area contributed by atoms with Crippen LogP contribution in [0.4, 0.5) is 4.39 Å². The van der Waals surface area contributed by atoms with E-state index in [1.807, 2.05) is 18.7 Å². The van der Waals surface area contributed by atoms with Crippen LogP contribution in [0.2, 0.25) is 0 Å². The molecule has 1 aromatic rings. The largest absolute Gasteiger partial charge is 0.324 e. The van der Waals surface area contributed by atoms with Gasteiger partial charge in [-0.1, -0.05) is 26.0 Å². The highest BCUT2D eigenvalue weighted by Crippen LogP contribution is 2.43. The van der Waals surface area contributed by atoms with Gasteiger partial charge in [0.1, 0.15) is 11.2 Å². The Morgan fingerprint density at radius 2 is 2.00 bits per heavy atom. The molecule has 1 saturated heterocycles. The second-order valence-corrected chi connectivity index (χ2v) is 6.11. The number of hydrogen-bond acceptors (Lipinski definition) is 3. The third-order valence-electron chi connectivity index (χ3n) is 3.44. The predicted octanol–water partition coefficient (Wildman–Crippen LogP) is 2.79. The second-order valence-electron chi connectivity index (χ2n) is 4.82. The first-order chi connectivity index (χ1) is 9.67. The summed E-state index contributed by atoms with van der Waals surface area (Å²) in [5.74, 6) is -0.0426. The first-order valence-electron chi connectivity index (χ1n) is 7.09. The number of benzene rings is 1. The standard InChI is InChI=1S/C15H21FN2OS/c1-3-13-14(19)18(10-9-17-4-2)15(20-13)11-5-7-12(16)8-6-11/h5-8,13,15,17H,3-4,9-10H2,1-2H3. The molecule has 1 aromatic carbocycles. The van der Waals surface area contributed by atoms with E-state index in [4.69, 9.17) is 0 Å². The average Bonchev–Trinajstić information content (AvgIpc) is 2.77. The monoisotopic (exact) mass is 296 g/mol. The second kappa shape index (κ2) is 7.09. The summed E-state index contributed by atoms with van der Waals surface area (Å²) < 4.78 is 13.0.